The number of thioether (sulfide) groups is 1. The van der Waals surface area contributed by atoms with Crippen molar-refractivity contribution in [1.29, 1.82) is 0 Å². The van der Waals surface area contributed by atoms with Crippen LogP contribution in [0, 0.1) is 0 Å². The van der Waals surface area contributed by atoms with Crippen LogP contribution in [0.4, 0.5) is 11.9 Å². The third kappa shape index (κ3) is 3.98. The van der Waals surface area contributed by atoms with Crippen molar-refractivity contribution in [3.05, 3.63) is 0 Å². The maximum atomic E-state index is 4.65. The molecule has 1 aromatic heterocycles. The minimum atomic E-state index is 0.677. The van der Waals surface area contributed by atoms with Gasteiger partial charge in [0.1, 0.15) is 0 Å². The van der Waals surface area contributed by atoms with Gasteiger partial charge in [0.05, 0.1) is 0 Å². The van der Waals surface area contributed by atoms with E-state index in [9.17, 15) is 0 Å². The molecule has 6 heteroatoms. The zero-order valence-electron chi connectivity index (χ0n) is 12.7. The Kier molecular flexibility index (Phi) is 5.88. The molecule has 0 aromatic carbocycles. The first-order chi connectivity index (χ1) is 9.76. The molecule has 1 fully saturated rings. The molecule has 0 amide bonds. The van der Waals surface area contributed by atoms with E-state index < -0.39 is 0 Å². The molecule has 1 saturated carbocycles. The second-order valence-electron chi connectivity index (χ2n) is 4.97. The molecule has 0 aliphatic heterocycles. The number of nitrogens with one attached hydrogen (secondary N) is 1. The molecule has 0 unspecified atom stereocenters. The van der Waals surface area contributed by atoms with Crippen LogP contribution in [0.1, 0.15) is 46.5 Å². The first-order valence-electron chi connectivity index (χ1n) is 7.68. The smallest absolute Gasteiger partial charge is 0.231 e. The van der Waals surface area contributed by atoms with Crippen LogP contribution in [-0.4, -0.2) is 39.8 Å². The van der Waals surface area contributed by atoms with Crippen molar-refractivity contribution in [1.82, 2.24) is 15.0 Å². The van der Waals surface area contributed by atoms with Crippen LogP contribution in [0.15, 0.2) is 5.16 Å². The van der Waals surface area contributed by atoms with Gasteiger partial charge >= 0.3 is 0 Å². The first kappa shape index (κ1) is 15.4. The standard InChI is InChI=1S/C14H25N5S/c1-4-15-12-16-13(19(5-2)6-3)18-14(17-12)20-11-9-7-8-10-11/h11H,4-10H2,1-3H3,(H,15,16,17,18). The fourth-order valence-electron chi connectivity index (χ4n) is 2.44. The van der Waals surface area contributed by atoms with Gasteiger partial charge in [0.15, 0.2) is 5.16 Å². The molecule has 2 rings (SSSR count). The van der Waals surface area contributed by atoms with E-state index in [-0.39, 0.29) is 0 Å². The van der Waals surface area contributed by atoms with Gasteiger partial charge in [0, 0.05) is 24.9 Å². The highest BCUT2D eigenvalue weighted by atomic mass is 32.2. The second kappa shape index (κ2) is 7.67. The zero-order chi connectivity index (χ0) is 14.4. The van der Waals surface area contributed by atoms with E-state index in [4.69, 9.17) is 0 Å². The van der Waals surface area contributed by atoms with Gasteiger partial charge in [-0.2, -0.15) is 15.0 Å². The molecule has 1 aliphatic rings. The maximum absolute atomic E-state index is 4.65. The molecule has 1 heterocycles. The van der Waals surface area contributed by atoms with Crippen molar-refractivity contribution in [2.24, 2.45) is 0 Å². The Hall–Kier alpha value is -1.04. The number of nitrogens with zero attached hydrogens (tertiary/aromatic N) is 4. The minimum absolute atomic E-state index is 0.677. The Morgan fingerprint density at radius 1 is 1.10 bits per heavy atom. The zero-order valence-corrected chi connectivity index (χ0v) is 13.5. The van der Waals surface area contributed by atoms with Crippen LogP contribution in [0.3, 0.4) is 0 Å². The Morgan fingerprint density at radius 2 is 1.80 bits per heavy atom. The van der Waals surface area contributed by atoms with E-state index in [0.717, 1.165) is 30.7 Å². The molecule has 112 valence electrons. The Labute approximate surface area is 126 Å². The van der Waals surface area contributed by atoms with Crippen LogP contribution < -0.4 is 10.2 Å². The fraction of sp³-hybridized carbons (Fsp3) is 0.786. The van der Waals surface area contributed by atoms with Crippen LogP contribution in [-0.2, 0) is 0 Å². The number of hydrogen-bond acceptors (Lipinski definition) is 6. The van der Waals surface area contributed by atoms with Crippen molar-refractivity contribution in [3.63, 3.8) is 0 Å². The number of rotatable bonds is 7. The second-order valence-corrected chi connectivity index (χ2v) is 6.24. The lowest BCUT2D eigenvalue weighted by Crippen LogP contribution is -2.25. The molecule has 0 atom stereocenters. The summed E-state index contributed by atoms with van der Waals surface area (Å²) in [5.74, 6) is 1.49. The van der Waals surface area contributed by atoms with Gasteiger partial charge in [-0.25, -0.2) is 0 Å². The largest absolute Gasteiger partial charge is 0.354 e. The normalized spacial score (nSPS) is 15.6. The summed E-state index contributed by atoms with van der Waals surface area (Å²) >= 11 is 1.81. The van der Waals surface area contributed by atoms with E-state index in [1.54, 1.807) is 0 Å². The molecule has 0 radical (unpaired) electrons. The first-order valence-corrected chi connectivity index (χ1v) is 8.56. The van der Waals surface area contributed by atoms with Crippen LogP contribution >= 0.6 is 11.8 Å². The Balaban J connectivity index is 2.19. The van der Waals surface area contributed by atoms with E-state index in [1.807, 2.05) is 11.8 Å². The highest BCUT2D eigenvalue weighted by Crippen LogP contribution is 2.33. The summed E-state index contributed by atoms with van der Waals surface area (Å²) in [5.41, 5.74) is 0. The molecular weight excluding hydrogens is 270 g/mol. The molecule has 0 bridgehead atoms. The monoisotopic (exact) mass is 295 g/mol. The minimum Gasteiger partial charge on any atom is -0.354 e. The van der Waals surface area contributed by atoms with Crippen LogP contribution in [0.25, 0.3) is 0 Å². The summed E-state index contributed by atoms with van der Waals surface area (Å²) in [6.07, 6.45) is 5.25. The summed E-state index contributed by atoms with van der Waals surface area (Å²) < 4.78 is 0. The van der Waals surface area contributed by atoms with E-state index in [2.05, 4.69) is 45.9 Å². The number of anilines is 2. The van der Waals surface area contributed by atoms with Gasteiger partial charge in [-0.3, -0.25) is 0 Å². The average Bonchev–Trinajstić information content (AvgIpc) is 2.93. The van der Waals surface area contributed by atoms with Gasteiger partial charge < -0.3 is 10.2 Å². The molecule has 1 aromatic rings. The molecule has 20 heavy (non-hydrogen) atoms. The van der Waals surface area contributed by atoms with Crippen molar-refractivity contribution in [2.45, 2.75) is 56.9 Å². The summed E-state index contributed by atoms with van der Waals surface area (Å²) in [5, 5.41) is 4.76. The molecule has 1 N–H and O–H groups in total. The fourth-order valence-corrected chi connectivity index (χ4v) is 3.58. The Morgan fingerprint density at radius 3 is 2.40 bits per heavy atom. The number of aromatic nitrogens is 3. The lowest BCUT2D eigenvalue weighted by atomic mass is 10.4. The average molecular weight is 295 g/mol. The van der Waals surface area contributed by atoms with Crippen LogP contribution in [0.2, 0.25) is 0 Å². The van der Waals surface area contributed by atoms with Crippen molar-refractivity contribution in [2.75, 3.05) is 29.9 Å². The highest BCUT2D eigenvalue weighted by Gasteiger charge is 2.19. The van der Waals surface area contributed by atoms with Gasteiger partial charge in [-0.1, -0.05) is 24.6 Å². The van der Waals surface area contributed by atoms with Crippen molar-refractivity contribution >= 4 is 23.7 Å². The summed E-state index contributed by atoms with van der Waals surface area (Å²) in [4.78, 5) is 15.9. The summed E-state index contributed by atoms with van der Waals surface area (Å²) in [6.45, 7) is 8.98. The third-order valence-corrected chi connectivity index (χ3v) is 4.76. The van der Waals surface area contributed by atoms with Crippen LogP contribution in [0.5, 0.6) is 0 Å². The third-order valence-electron chi connectivity index (χ3n) is 3.56. The maximum Gasteiger partial charge on any atom is 0.231 e. The quantitative estimate of drug-likeness (QED) is 0.834. The van der Waals surface area contributed by atoms with E-state index in [1.165, 1.54) is 25.7 Å². The number of hydrogen-bond donors (Lipinski definition) is 1. The van der Waals surface area contributed by atoms with Crippen molar-refractivity contribution < 1.29 is 0 Å². The SMILES string of the molecule is CCNc1nc(SC2CCCC2)nc(N(CC)CC)n1. The van der Waals surface area contributed by atoms with Crippen molar-refractivity contribution in [3.8, 4) is 0 Å². The topological polar surface area (TPSA) is 53.9 Å². The molecule has 5 nitrogen and oxygen atoms in total. The van der Waals surface area contributed by atoms with Gasteiger partial charge in [0.2, 0.25) is 11.9 Å². The molecular formula is C14H25N5S. The molecule has 0 saturated heterocycles. The van der Waals surface area contributed by atoms with Gasteiger partial charge in [-0.15, -0.1) is 0 Å². The lowest BCUT2D eigenvalue weighted by molar-refractivity contribution is 0.779. The van der Waals surface area contributed by atoms with E-state index >= 15 is 0 Å². The summed E-state index contributed by atoms with van der Waals surface area (Å²) in [6, 6.07) is 0. The molecule has 0 spiro atoms. The van der Waals surface area contributed by atoms with Gasteiger partial charge in [0.25, 0.3) is 0 Å². The Bertz CT molecular complexity index is 416. The highest BCUT2D eigenvalue weighted by molar-refractivity contribution is 7.99. The lowest BCUT2D eigenvalue weighted by Gasteiger charge is -2.20. The van der Waals surface area contributed by atoms with Gasteiger partial charge in [-0.05, 0) is 33.6 Å². The summed E-state index contributed by atoms with van der Waals surface area (Å²) in [7, 11) is 0. The predicted molar refractivity (Wildman–Crippen MR) is 85.7 cm³/mol. The molecule has 1 aliphatic carbocycles. The predicted octanol–water partition coefficient (Wildman–Crippen LogP) is 3.18. The van der Waals surface area contributed by atoms with E-state index in [0.29, 0.717) is 11.2 Å².